The number of benzene rings is 1. The normalized spacial score (nSPS) is 18.9. The highest BCUT2D eigenvalue weighted by molar-refractivity contribution is 7.13. The summed E-state index contributed by atoms with van der Waals surface area (Å²) < 4.78 is 5.53. The molecule has 3 rings (SSSR count). The van der Waals surface area contributed by atoms with Crippen molar-refractivity contribution in [2.45, 2.75) is 25.4 Å². The fourth-order valence-corrected chi connectivity index (χ4v) is 3.67. The summed E-state index contributed by atoms with van der Waals surface area (Å²) in [5.74, 6) is 0.989. The number of thiazole rings is 1. The van der Waals surface area contributed by atoms with E-state index in [0.717, 1.165) is 29.7 Å². The summed E-state index contributed by atoms with van der Waals surface area (Å²) >= 11 is 1.66. The molecule has 112 valence electrons. The molecule has 0 aliphatic carbocycles. The number of nitrogens with one attached hydrogen (secondary N) is 1. The first-order valence-corrected chi connectivity index (χ1v) is 8.19. The molecule has 1 aliphatic heterocycles. The van der Waals surface area contributed by atoms with Gasteiger partial charge < -0.3 is 10.1 Å². The first kappa shape index (κ1) is 14.4. The fourth-order valence-electron chi connectivity index (χ4n) is 3.01. The van der Waals surface area contributed by atoms with Gasteiger partial charge in [-0.25, -0.2) is 4.98 Å². The number of nitrogens with zero attached hydrogens (tertiary/aromatic N) is 2. The molecule has 1 N–H and O–H groups in total. The van der Waals surface area contributed by atoms with Gasteiger partial charge in [-0.1, -0.05) is 18.2 Å². The maximum absolute atomic E-state index is 5.53. The van der Waals surface area contributed by atoms with Crippen LogP contribution in [0.2, 0.25) is 0 Å². The van der Waals surface area contributed by atoms with E-state index in [1.165, 1.54) is 18.4 Å². The minimum absolute atomic E-state index is 0.431. The van der Waals surface area contributed by atoms with Gasteiger partial charge in [0.2, 0.25) is 0 Å². The van der Waals surface area contributed by atoms with Gasteiger partial charge in [-0.2, -0.15) is 0 Å². The molecule has 2 heterocycles. The molecular formula is C16H21N3OS. The van der Waals surface area contributed by atoms with Crippen molar-refractivity contribution in [2.75, 3.05) is 26.0 Å². The van der Waals surface area contributed by atoms with Crippen LogP contribution in [0.4, 0.5) is 5.13 Å². The topological polar surface area (TPSA) is 37.4 Å². The molecule has 0 spiro atoms. The molecule has 1 saturated heterocycles. The lowest BCUT2D eigenvalue weighted by molar-refractivity contribution is 0.241. The number of methoxy groups -OCH3 is 1. The number of hydrogen-bond acceptors (Lipinski definition) is 5. The third-order valence-electron chi connectivity index (χ3n) is 3.99. The van der Waals surface area contributed by atoms with Crippen molar-refractivity contribution in [3.05, 3.63) is 40.9 Å². The highest BCUT2D eigenvalue weighted by Gasteiger charge is 2.28. The zero-order valence-electron chi connectivity index (χ0n) is 12.5. The van der Waals surface area contributed by atoms with Gasteiger partial charge in [-0.15, -0.1) is 11.3 Å². The molecule has 0 bridgehead atoms. The summed E-state index contributed by atoms with van der Waals surface area (Å²) in [6.07, 6.45) is 2.41. The third kappa shape index (κ3) is 3.04. The summed E-state index contributed by atoms with van der Waals surface area (Å²) in [6, 6.07) is 8.79. The second-order valence-electron chi connectivity index (χ2n) is 5.26. The maximum Gasteiger partial charge on any atom is 0.182 e. The molecule has 2 aromatic rings. The summed E-state index contributed by atoms with van der Waals surface area (Å²) in [6.45, 7) is 2.02. The molecule has 0 saturated carbocycles. The van der Waals surface area contributed by atoms with Gasteiger partial charge >= 0.3 is 0 Å². The highest BCUT2D eigenvalue weighted by Crippen LogP contribution is 2.37. The van der Waals surface area contributed by atoms with E-state index >= 15 is 0 Å². The minimum atomic E-state index is 0.431. The largest absolute Gasteiger partial charge is 0.496 e. The first-order valence-electron chi connectivity index (χ1n) is 7.31. The van der Waals surface area contributed by atoms with Crippen molar-refractivity contribution >= 4 is 16.5 Å². The van der Waals surface area contributed by atoms with E-state index in [1.807, 2.05) is 19.2 Å². The van der Waals surface area contributed by atoms with Gasteiger partial charge in [0.25, 0.3) is 0 Å². The molecule has 1 aromatic heterocycles. The summed E-state index contributed by atoms with van der Waals surface area (Å²) in [5.41, 5.74) is 2.44. The van der Waals surface area contributed by atoms with Crippen LogP contribution in [0.5, 0.6) is 5.75 Å². The summed E-state index contributed by atoms with van der Waals surface area (Å²) in [4.78, 5) is 7.10. The molecule has 0 unspecified atom stereocenters. The van der Waals surface area contributed by atoms with E-state index in [-0.39, 0.29) is 0 Å². The van der Waals surface area contributed by atoms with E-state index in [1.54, 1.807) is 18.4 Å². The molecule has 4 nitrogen and oxygen atoms in total. The Balaban J connectivity index is 1.79. The lowest BCUT2D eigenvalue weighted by Gasteiger charge is -2.25. The highest BCUT2D eigenvalue weighted by atomic mass is 32.1. The van der Waals surface area contributed by atoms with Crippen LogP contribution in [0.25, 0.3) is 0 Å². The average Bonchev–Trinajstić information content (AvgIpc) is 3.17. The summed E-state index contributed by atoms with van der Waals surface area (Å²) in [5, 5.41) is 6.23. The van der Waals surface area contributed by atoms with Crippen LogP contribution in [0.15, 0.2) is 29.6 Å². The van der Waals surface area contributed by atoms with Crippen LogP contribution in [-0.2, 0) is 6.54 Å². The molecule has 0 radical (unpaired) electrons. The standard InChI is InChI=1S/C16H21N3OS/c1-17-16-18-12(11-21-16)10-19-9-5-7-14(19)13-6-3-4-8-15(13)20-2/h3-4,6,8,11,14H,5,7,9-10H2,1-2H3,(H,17,18)/t14-/m0/s1. The van der Waals surface area contributed by atoms with Gasteiger partial charge in [0.15, 0.2) is 5.13 Å². The molecule has 5 heteroatoms. The van der Waals surface area contributed by atoms with Crippen LogP contribution >= 0.6 is 11.3 Å². The van der Waals surface area contributed by atoms with Crippen LogP contribution in [0.3, 0.4) is 0 Å². The number of aromatic nitrogens is 1. The average molecular weight is 303 g/mol. The Morgan fingerprint density at radius 3 is 3.05 bits per heavy atom. The van der Waals surface area contributed by atoms with Crippen LogP contribution in [0.1, 0.15) is 30.1 Å². The molecule has 21 heavy (non-hydrogen) atoms. The lowest BCUT2D eigenvalue weighted by atomic mass is 10.0. The SMILES string of the molecule is CNc1nc(CN2CCC[C@H]2c2ccccc2OC)cs1. The lowest BCUT2D eigenvalue weighted by Crippen LogP contribution is -2.23. The Morgan fingerprint density at radius 2 is 2.29 bits per heavy atom. The third-order valence-corrected chi connectivity index (χ3v) is 4.90. The number of para-hydroxylation sites is 1. The number of likely N-dealkylation sites (tertiary alicyclic amines) is 1. The van der Waals surface area contributed by atoms with Gasteiger partial charge in [-0.3, -0.25) is 4.90 Å². The number of anilines is 1. The first-order chi connectivity index (χ1) is 10.3. The Labute approximate surface area is 129 Å². The second kappa shape index (κ2) is 6.45. The maximum atomic E-state index is 5.53. The van der Waals surface area contributed by atoms with Crippen molar-refractivity contribution in [1.29, 1.82) is 0 Å². The van der Waals surface area contributed by atoms with E-state index in [4.69, 9.17) is 4.74 Å². The Morgan fingerprint density at radius 1 is 1.43 bits per heavy atom. The molecule has 1 aromatic carbocycles. The van der Waals surface area contributed by atoms with Gasteiger partial charge in [0.05, 0.1) is 12.8 Å². The second-order valence-corrected chi connectivity index (χ2v) is 6.12. The van der Waals surface area contributed by atoms with Crippen LogP contribution in [-0.4, -0.2) is 30.6 Å². The van der Waals surface area contributed by atoms with Crippen LogP contribution < -0.4 is 10.1 Å². The summed E-state index contributed by atoms with van der Waals surface area (Å²) in [7, 11) is 3.66. The van der Waals surface area contributed by atoms with Crippen molar-refractivity contribution in [3.8, 4) is 5.75 Å². The van der Waals surface area contributed by atoms with Gasteiger partial charge in [-0.05, 0) is 25.5 Å². The van der Waals surface area contributed by atoms with Gasteiger partial charge in [0.1, 0.15) is 5.75 Å². The fraction of sp³-hybridized carbons (Fsp3) is 0.438. The molecule has 1 atom stereocenters. The van der Waals surface area contributed by atoms with Crippen molar-refractivity contribution < 1.29 is 4.74 Å². The number of ether oxygens (including phenoxy) is 1. The van der Waals surface area contributed by atoms with E-state index in [9.17, 15) is 0 Å². The van der Waals surface area contributed by atoms with Gasteiger partial charge in [0, 0.05) is 30.6 Å². The molecule has 0 amide bonds. The quantitative estimate of drug-likeness (QED) is 0.917. The Hall–Kier alpha value is -1.59. The van der Waals surface area contributed by atoms with E-state index in [0.29, 0.717) is 6.04 Å². The van der Waals surface area contributed by atoms with Crippen molar-refractivity contribution in [1.82, 2.24) is 9.88 Å². The smallest absolute Gasteiger partial charge is 0.182 e. The van der Waals surface area contributed by atoms with E-state index in [2.05, 4.69) is 32.7 Å². The predicted octanol–water partition coefficient (Wildman–Crippen LogP) is 3.53. The number of rotatable bonds is 5. The zero-order chi connectivity index (χ0) is 14.7. The van der Waals surface area contributed by atoms with E-state index < -0.39 is 0 Å². The molecule has 1 fully saturated rings. The molecular weight excluding hydrogens is 282 g/mol. The Kier molecular flexibility index (Phi) is 4.41. The number of hydrogen-bond donors (Lipinski definition) is 1. The molecule has 1 aliphatic rings. The van der Waals surface area contributed by atoms with Crippen molar-refractivity contribution in [2.24, 2.45) is 0 Å². The Bertz CT molecular complexity index is 599. The van der Waals surface area contributed by atoms with Crippen LogP contribution in [0, 0.1) is 0 Å². The van der Waals surface area contributed by atoms with Crippen molar-refractivity contribution in [3.63, 3.8) is 0 Å². The minimum Gasteiger partial charge on any atom is -0.496 e. The monoisotopic (exact) mass is 303 g/mol. The predicted molar refractivity (Wildman–Crippen MR) is 87.0 cm³/mol. The zero-order valence-corrected chi connectivity index (χ0v) is 13.3.